The summed E-state index contributed by atoms with van der Waals surface area (Å²) in [6, 6.07) is 24.2. The van der Waals surface area contributed by atoms with Gasteiger partial charge in [0.15, 0.2) is 0 Å². The molecule has 0 aliphatic carbocycles. The lowest BCUT2D eigenvalue weighted by Crippen LogP contribution is -1.82. The Morgan fingerprint density at radius 2 is 1.10 bits per heavy atom. The van der Waals surface area contributed by atoms with Crippen molar-refractivity contribution >= 4 is 53.7 Å². The molecule has 1 aromatic heterocycles. The van der Waals surface area contributed by atoms with Crippen LogP contribution in [0.4, 0.5) is 0 Å². The number of hydrogen-bond acceptors (Lipinski definition) is 1. The Morgan fingerprint density at radius 3 is 1.81 bits per heavy atom. The van der Waals surface area contributed by atoms with Crippen molar-refractivity contribution in [2.45, 2.75) is 0 Å². The van der Waals surface area contributed by atoms with Gasteiger partial charge >= 0.3 is 0 Å². The second-order valence-corrected chi connectivity index (χ2v) is 6.33. The van der Waals surface area contributed by atoms with E-state index >= 15 is 0 Å². The van der Waals surface area contributed by atoms with E-state index in [1.807, 2.05) is 11.3 Å². The van der Waals surface area contributed by atoms with Crippen LogP contribution in [0.25, 0.3) is 42.4 Å². The zero-order valence-electron chi connectivity index (χ0n) is 11.3. The molecule has 0 N–H and O–H groups in total. The Balaban J connectivity index is 2.26. The molecule has 5 aromatic rings. The fraction of sp³-hybridized carbons (Fsp3) is 0. The number of benzene rings is 4. The topological polar surface area (TPSA) is 0 Å². The monoisotopic (exact) mass is 284 g/mol. The maximum Gasteiger partial charge on any atom is 0.0427 e. The van der Waals surface area contributed by atoms with Crippen molar-refractivity contribution in [3.8, 4) is 0 Å². The van der Waals surface area contributed by atoms with Crippen LogP contribution in [0.3, 0.4) is 0 Å². The van der Waals surface area contributed by atoms with Crippen molar-refractivity contribution in [1.82, 2.24) is 0 Å². The molecule has 1 heterocycles. The smallest absolute Gasteiger partial charge is 0.0427 e. The van der Waals surface area contributed by atoms with Crippen molar-refractivity contribution in [2.24, 2.45) is 0 Å². The quantitative estimate of drug-likeness (QED) is 0.290. The van der Waals surface area contributed by atoms with Crippen LogP contribution in [0, 0.1) is 0 Å². The van der Waals surface area contributed by atoms with Crippen LogP contribution in [-0.2, 0) is 0 Å². The highest BCUT2D eigenvalue weighted by Gasteiger charge is 2.10. The van der Waals surface area contributed by atoms with Gasteiger partial charge in [-0.15, -0.1) is 11.3 Å². The van der Waals surface area contributed by atoms with E-state index in [0.717, 1.165) is 0 Å². The first-order chi connectivity index (χ1) is 10.4. The molecule has 98 valence electrons. The van der Waals surface area contributed by atoms with Crippen molar-refractivity contribution < 1.29 is 0 Å². The van der Waals surface area contributed by atoms with Gasteiger partial charge in [0.2, 0.25) is 0 Å². The molecule has 0 saturated carbocycles. The van der Waals surface area contributed by atoms with E-state index in [1.54, 1.807) is 0 Å². The summed E-state index contributed by atoms with van der Waals surface area (Å²) in [7, 11) is 0. The number of thiophene rings is 1. The maximum absolute atomic E-state index is 2.28. The molecular weight excluding hydrogens is 272 g/mol. The maximum atomic E-state index is 2.28. The van der Waals surface area contributed by atoms with E-state index in [1.165, 1.54) is 42.4 Å². The Morgan fingerprint density at radius 1 is 0.524 bits per heavy atom. The lowest BCUT2D eigenvalue weighted by Gasteiger charge is -2.10. The summed E-state index contributed by atoms with van der Waals surface area (Å²) in [5.74, 6) is 0. The average Bonchev–Trinajstić information content (AvgIpc) is 3.03. The van der Waals surface area contributed by atoms with Gasteiger partial charge in [-0.25, -0.2) is 0 Å². The van der Waals surface area contributed by atoms with Crippen LogP contribution >= 0.6 is 11.3 Å². The van der Waals surface area contributed by atoms with Crippen molar-refractivity contribution in [2.75, 3.05) is 0 Å². The first-order valence-corrected chi connectivity index (χ1v) is 8.01. The van der Waals surface area contributed by atoms with Crippen molar-refractivity contribution in [3.63, 3.8) is 0 Å². The SMILES string of the molecule is c1ccc2c(c1)c1ccccc1c1c2ccc2ccsc21. The lowest BCUT2D eigenvalue weighted by atomic mass is 9.94. The fourth-order valence-electron chi connectivity index (χ4n) is 3.41. The van der Waals surface area contributed by atoms with Gasteiger partial charge in [0.1, 0.15) is 0 Å². The predicted octanol–water partition coefficient (Wildman–Crippen LogP) is 6.36. The minimum absolute atomic E-state index is 1.34. The second kappa shape index (κ2) is 4.06. The molecule has 21 heavy (non-hydrogen) atoms. The van der Waals surface area contributed by atoms with E-state index in [2.05, 4.69) is 72.1 Å². The van der Waals surface area contributed by atoms with Gasteiger partial charge in [-0.2, -0.15) is 0 Å². The van der Waals surface area contributed by atoms with Crippen LogP contribution < -0.4 is 0 Å². The minimum atomic E-state index is 1.34. The van der Waals surface area contributed by atoms with E-state index in [-0.39, 0.29) is 0 Å². The van der Waals surface area contributed by atoms with E-state index < -0.39 is 0 Å². The molecule has 0 unspecified atom stereocenters. The zero-order valence-corrected chi connectivity index (χ0v) is 12.2. The molecule has 0 aliphatic heterocycles. The summed E-state index contributed by atoms with van der Waals surface area (Å²) in [5.41, 5.74) is 0. The highest BCUT2D eigenvalue weighted by molar-refractivity contribution is 7.18. The van der Waals surface area contributed by atoms with E-state index in [9.17, 15) is 0 Å². The third kappa shape index (κ3) is 1.44. The van der Waals surface area contributed by atoms with E-state index in [4.69, 9.17) is 0 Å². The summed E-state index contributed by atoms with van der Waals surface area (Å²) in [6.45, 7) is 0. The van der Waals surface area contributed by atoms with Crippen LogP contribution in [-0.4, -0.2) is 0 Å². The molecule has 0 radical (unpaired) electrons. The molecule has 0 nitrogen and oxygen atoms in total. The Kier molecular flexibility index (Phi) is 2.18. The second-order valence-electron chi connectivity index (χ2n) is 5.42. The summed E-state index contributed by atoms with van der Waals surface area (Å²) >= 11 is 1.84. The molecule has 0 atom stereocenters. The van der Waals surface area contributed by atoms with Gasteiger partial charge in [0.25, 0.3) is 0 Å². The van der Waals surface area contributed by atoms with Gasteiger partial charge in [-0.3, -0.25) is 0 Å². The Hall–Kier alpha value is -2.38. The molecule has 0 saturated heterocycles. The normalized spacial score (nSPS) is 11.8. The van der Waals surface area contributed by atoms with Crippen molar-refractivity contribution in [3.05, 3.63) is 72.1 Å². The number of fused-ring (bicyclic) bond motifs is 8. The highest BCUT2D eigenvalue weighted by atomic mass is 32.1. The molecular formula is C20H12S. The zero-order chi connectivity index (χ0) is 13.8. The Bertz CT molecular complexity index is 1100. The van der Waals surface area contributed by atoms with Crippen LogP contribution in [0.5, 0.6) is 0 Å². The lowest BCUT2D eigenvalue weighted by molar-refractivity contribution is 1.80. The first kappa shape index (κ1) is 11.3. The fourth-order valence-corrected chi connectivity index (χ4v) is 4.37. The van der Waals surface area contributed by atoms with Crippen LogP contribution in [0.2, 0.25) is 0 Å². The third-order valence-electron chi connectivity index (χ3n) is 4.33. The molecule has 1 heteroatoms. The molecule has 0 fully saturated rings. The van der Waals surface area contributed by atoms with Gasteiger partial charge < -0.3 is 0 Å². The van der Waals surface area contributed by atoms with Crippen LogP contribution in [0.15, 0.2) is 72.1 Å². The van der Waals surface area contributed by atoms with Gasteiger partial charge in [-0.1, -0.05) is 60.7 Å². The largest absolute Gasteiger partial charge is 0.143 e. The molecule has 0 spiro atoms. The first-order valence-electron chi connectivity index (χ1n) is 7.13. The summed E-state index contributed by atoms with van der Waals surface area (Å²) in [5, 5.41) is 11.7. The standard InChI is InChI=1S/C20H12S/c1-2-7-16-14(5-1)15-6-3-4-8-17(15)19-18(16)10-9-13-11-12-21-20(13)19/h1-12H. The average molecular weight is 284 g/mol. The highest BCUT2D eigenvalue weighted by Crippen LogP contribution is 2.40. The Labute approximate surface area is 126 Å². The minimum Gasteiger partial charge on any atom is -0.143 e. The summed E-state index contributed by atoms with van der Waals surface area (Å²) < 4.78 is 1.40. The molecule has 0 amide bonds. The van der Waals surface area contributed by atoms with Gasteiger partial charge in [0, 0.05) is 10.1 Å². The summed E-state index contributed by atoms with van der Waals surface area (Å²) in [6.07, 6.45) is 0. The molecule has 0 aliphatic rings. The number of rotatable bonds is 0. The summed E-state index contributed by atoms with van der Waals surface area (Å²) in [4.78, 5) is 0. The molecule has 5 rings (SSSR count). The number of hydrogen-bond donors (Lipinski definition) is 0. The van der Waals surface area contributed by atoms with Crippen LogP contribution in [0.1, 0.15) is 0 Å². The van der Waals surface area contributed by atoms with Gasteiger partial charge in [-0.05, 0) is 43.8 Å². The molecule has 0 bridgehead atoms. The van der Waals surface area contributed by atoms with Crippen molar-refractivity contribution in [1.29, 1.82) is 0 Å². The molecule has 4 aromatic carbocycles. The van der Waals surface area contributed by atoms with Gasteiger partial charge in [0.05, 0.1) is 0 Å². The van der Waals surface area contributed by atoms with E-state index in [0.29, 0.717) is 0 Å². The predicted molar refractivity (Wildman–Crippen MR) is 94.3 cm³/mol. The third-order valence-corrected chi connectivity index (χ3v) is 5.27.